The lowest BCUT2D eigenvalue weighted by atomic mass is 9.81. The van der Waals surface area contributed by atoms with Crippen LogP contribution >= 0.6 is 0 Å². The lowest BCUT2D eigenvalue weighted by Gasteiger charge is -2.29. The molecule has 0 spiro atoms. The van der Waals surface area contributed by atoms with Gasteiger partial charge in [0.05, 0.1) is 12.3 Å². The Balaban J connectivity index is 1.30. The summed E-state index contributed by atoms with van der Waals surface area (Å²) < 4.78 is 11.1. The molecule has 4 rings (SSSR count). The third kappa shape index (κ3) is 3.60. The highest BCUT2D eigenvalue weighted by Gasteiger charge is 2.49. The number of carbonyl (C=O) groups is 1. The molecule has 0 unspecified atom stereocenters. The van der Waals surface area contributed by atoms with Gasteiger partial charge in [-0.2, -0.15) is 0 Å². The van der Waals surface area contributed by atoms with Crippen molar-refractivity contribution in [2.45, 2.75) is 45.6 Å². The number of hydrogen-bond acceptors (Lipinski definition) is 5. The molecule has 0 aromatic carbocycles. The second-order valence-electron chi connectivity index (χ2n) is 8.13. The van der Waals surface area contributed by atoms with E-state index in [1.807, 2.05) is 17.9 Å². The van der Waals surface area contributed by atoms with E-state index in [0.29, 0.717) is 12.5 Å². The van der Waals surface area contributed by atoms with Crippen molar-refractivity contribution in [3.05, 3.63) is 17.5 Å². The molecule has 1 aromatic rings. The molecule has 0 N–H and O–H groups in total. The van der Waals surface area contributed by atoms with Gasteiger partial charge in [0.1, 0.15) is 12.4 Å². The van der Waals surface area contributed by atoms with E-state index < -0.39 is 0 Å². The second-order valence-corrected chi connectivity index (χ2v) is 8.13. The van der Waals surface area contributed by atoms with Gasteiger partial charge in [-0.05, 0) is 38.5 Å². The summed E-state index contributed by atoms with van der Waals surface area (Å²) in [6.07, 6.45) is 6.04. The summed E-state index contributed by atoms with van der Waals surface area (Å²) in [5, 5.41) is 4.13. The predicted octanol–water partition coefficient (Wildman–Crippen LogP) is 2.22. The average molecular weight is 347 g/mol. The van der Waals surface area contributed by atoms with Crippen LogP contribution in [0.15, 0.2) is 10.6 Å². The third-order valence-electron chi connectivity index (χ3n) is 6.25. The first-order valence-electron chi connectivity index (χ1n) is 9.65. The maximum atomic E-state index is 12.2. The van der Waals surface area contributed by atoms with Gasteiger partial charge in [-0.15, -0.1) is 0 Å². The van der Waals surface area contributed by atoms with Crippen LogP contribution in [0.4, 0.5) is 0 Å². The van der Waals surface area contributed by atoms with E-state index in [-0.39, 0.29) is 17.9 Å². The molecular weight excluding hydrogens is 318 g/mol. The highest BCUT2D eigenvalue weighted by atomic mass is 16.5. The Hall–Kier alpha value is -1.40. The lowest BCUT2D eigenvalue weighted by Crippen LogP contribution is -2.36. The predicted molar refractivity (Wildman–Crippen MR) is 92.9 cm³/mol. The highest BCUT2D eigenvalue weighted by Crippen LogP contribution is 2.49. The van der Waals surface area contributed by atoms with Gasteiger partial charge in [0.25, 0.3) is 0 Å². The number of hydrogen-bond donors (Lipinski definition) is 0. The SMILES string of the molecule is Cc1cc(CN2C[C@H]3CCC[C@@]3(COCC(=O)N3CCCC3)C2)no1. The Bertz CT molecular complexity index is 611. The van der Waals surface area contributed by atoms with Crippen LogP contribution in [0.1, 0.15) is 43.6 Å². The summed E-state index contributed by atoms with van der Waals surface area (Å²) in [6.45, 7) is 7.70. The van der Waals surface area contributed by atoms with Gasteiger partial charge in [-0.1, -0.05) is 11.6 Å². The molecule has 6 heteroatoms. The van der Waals surface area contributed by atoms with E-state index in [2.05, 4.69) is 10.1 Å². The van der Waals surface area contributed by atoms with Crippen LogP contribution < -0.4 is 0 Å². The molecule has 1 aliphatic carbocycles. The molecule has 1 saturated carbocycles. The number of aryl methyl sites for hydroxylation is 1. The number of nitrogens with zero attached hydrogens (tertiary/aromatic N) is 3. The van der Waals surface area contributed by atoms with Gasteiger partial charge in [-0.3, -0.25) is 9.69 Å². The Kier molecular flexibility index (Phi) is 4.82. The lowest BCUT2D eigenvalue weighted by molar-refractivity contribution is -0.136. The van der Waals surface area contributed by atoms with Gasteiger partial charge in [0.2, 0.25) is 5.91 Å². The smallest absolute Gasteiger partial charge is 0.248 e. The van der Waals surface area contributed by atoms with Crippen molar-refractivity contribution >= 4 is 5.91 Å². The zero-order chi connectivity index (χ0) is 17.3. The maximum Gasteiger partial charge on any atom is 0.248 e. The van der Waals surface area contributed by atoms with E-state index in [9.17, 15) is 4.79 Å². The summed E-state index contributed by atoms with van der Waals surface area (Å²) in [4.78, 5) is 16.6. The highest BCUT2D eigenvalue weighted by molar-refractivity contribution is 5.77. The zero-order valence-electron chi connectivity index (χ0n) is 15.2. The number of likely N-dealkylation sites (tertiary alicyclic amines) is 2. The van der Waals surface area contributed by atoms with Crippen molar-refractivity contribution in [2.75, 3.05) is 39.4 Å². The number of fused-ring (bicyclic) bond motifs is 1. The molecule has 3 fully saturated rings. The largest absolute Gasteiger partial charge is 0.371 e. The molecule has 3 aliphatic rings. The van der Waals surface area contributed by atoms with Crippen LogP contribution in [0.2, 0.25) is 0 Å². The van der Waals surface area contributed by atoms with Crippen LogP contribution in [0, 0.1) is 18.3 Å². The van der Waals surface area contributed by atoms with Crippen LogP contribution in [-0.4, -0.2) is 60.3 Å². The van der Waals surface area contributed by atoms with Crippen LogP contribution in [0.25, 0.3) is 0 Å². The number of carbonyl (C=O) groups excluding carboxylic acids is 1. The minimum atomic E-state index is 0.163. The second kappa shape index (κ2) is 7.08. The van der Waals surface area contributed by atoms with Crippen molar-refractivity contribution in [3.63, 3.8) is 0 Å². The monoisotopic (exact) mass is 347 g/mol. The molecule has 6 nitrogen and oxygen atoms in total. The minimum Gasteiger partial charge on any atom is -0.371 e. The summed E-state index contributed by atoms with van der Waals surface area (Å²) in [7, 11) is 0. The van der Waals surface area contributed by atoms with Crippen LogP contribution in [0.3, 0.4) is 0 Å². The Labute approximate surface area is 149 Å². The standard InChI is InChI=1S/C19H29N3O3/c1-15-9-17(20-25-15)11-21-10-16-5-4-6-19(16,13-21)14-24-12-18(23)22-7-2-3-8-22/h9,16H,2-8,10-14H2,1H3/t16-,19+/m1/s1. The first-order chi connectivity index (χ1) is 12.1. The number of amides is 1. The quantitative estimate of drug-likeness (QED) is 0.790. The van der Waals surface area contributed by atoms with Gasteiger partial charge < -0.3 is 14.2 Å². The number of rotatable bonds is 6. The first kappa shape index (κ1) is 17.0. The molecule has 1 amide bonds. The van der Waals surface area contributed by atoms with Crippen molar-refractivity contribution < 1.29 is 14.1 Å². The average Bonchev–Trinajstić information content (AvgIpc) is 3.32. The van der Waals surface area contributed by atoms with Crippen molar-refractivity contribution in [1.82, 2.24) is 15.0 Å². The topological polar surface area (TPSA) is 58.8 Å². The summed E-state index contributed by atoms with van der Waals surface area (Å²) in [6, 6.07) is 2.02. The molecule has 2 aliphatic heterocycles. The maximum absolute atomic E-state index is 12.2. The molecule has 1 aromatic heterocycles. The third-order valence-corrected chi connectivity index (χ3v) is 6.25. The first-order valence-corrected chi connectivity index (χ1v) is 9.65. The number of aromatic nitrogens is 1. The summed E-state index contributed by atoms with van der Waals surface area (Å²) in [5.41, 5.74) is 1.24. The van der Waals surface area contributed by atoms with Gasteiger partial charge in [0, 0.05) is 44.2 Å². The Morgan fingerprint density at radius 3 is 3.00 bits per heavy atom. The van der Waals surface area contributed by atoms with Gasteiger partial charge in [-0.25, -0.2) is 0 Å². The molecule has 2 atom stereocenters. The fourth-order valence-electron chi connectivity index (χ4n) is 5.00. The summed E-state index contributed by atoms with van der Waals surface area (Å²) in [5.74, 6) is 1.71. The molecule has 25 heavy (non-hydrogen) atoms. The fraction of sp³-hybridized carbons (Fsp3) is 0.789. The van der Waals surface area contributed by atoms with Crippen molar-refractivity contribution in [3.8, 4) is 0 Å². The van der Waals surface area contributed by atoms with E-state index in [1.54, 1.807) is 0 Å². The Morgan fingerprint density at radius 2 is 2.24 bits per heavy atom. The molecule has 0 radical (unpaired) electrons. The van der Waals surface area contributed by atoms with E-state index in [4.69, 9.17) is 9.26 Å². The minimum absolute atomic E-state index is 0.163. The summed E-state index contributed by atoms with van der Waals surface area (Å²) >= 11 is 0. The van der Waals surface area contributed by atoms with Gasteiger partial charge in [0.15, 0.2) is 0 Å². The van der Waals surface area contributed by atoms with Crippen LogP contribution in [0.5, 0.6) is 0 Å². The number of ether oxygens (including phenoxy) is 1. The van der Waals surface area contributed by atoms with E-state index in [0.717, 1.165) is 57.0 Å². The Morgan fingerprint density at radius 1 is 1.40 bits per heavy atom. The fourth-order valence-corrected chi connectivity index (χ4v) is 5.00. The van der Waals surface area contributed by atoms with E-state index >= 15 is 0 Å². The molecule has 2 saturated heterocycles. The normalized spacial score (nSPS) is 29.5. The molecule has 3 heterocycles. The van der Waals surface area contributed by atoms with Crippen LogP contribution in [-0.2, 0) is 16.1 Å². The zero-order valence-corrected chi connectivity index (χ0v) is 15.2. The van der Waals surface area contributed by atoms with Gasteiger partial charge >= 0.3 is 0 Å². The molecular formula is C19H29N3O3. The van der Waals surface area contributed by atoms with Crippen molar-refractivity contribution in [1.29, 1.82) is 0 Å². The van der Waals surface area contributed by atoms with E-state index in [1.165, 1.54) is 19.3 Å². The molecule has 0 bridgehead atoms. The van der Waals surface area contributed by atoms with Crippen molar-refractivity contribution in [2.24, 2.45) is 11.3 Å². The molecule has 138 valence electrons.